The normalized spacial score (nSPS) is 24.9. The topological polar surface area (TPSA) is 81.7 Å². The minimum Gasteiger partial charge on any atom is -0.393 e. The number of benzene rings is 1. The summed E-state index contributed by atoms with van der Waals surface area (Å²) in [6, 6.07) is 9.95. The number of aliphatic hydroxyl groups is 1. The molecule has 4 rings (SSSR count). The fraction of sp³-hybridized carbons (Fsp3) is 0.500. The lowest BCUT2D eigenvalue weighted by atomic mass is 9.96. The molecule has 0 spiro atoms. The van der Waals surface area contributed by atoms with Crippen molar-refractivity contribution in [2.75, 3.05) is 32.8 Å². The molecule has 7 heteroatoms. The Kier molecular flexibility index (Phi) is 5.52. The number of carbonyl (C=O) groups excluding carboxylic acids is 1. The number of amides is 1. The van der Waals surface area contributed by atoms with Crippen molar-refractivity contribution in [3.05, 3.63) is 53.9 Å². The van der Waals surface area contributed by atoms with E-state index in [1.54, 1.807) is 12.4 Å². The molecule has 2 aliphatic rings. The average molecular weight is 370 g/mol. The predicted octanol–water partition coefficient (Wildman–Crippen LogP) is 1.45. The average Bonchev–Trinajstić information content (AvgIpc) is 3.24. The zero-order valence-electron chi connectivity index (χ0n) is 15.3. The van der Waals surface area contributed by atoms with Gasteiger partial charge in [0.1, 0.15) is 0 Å². The fourth-order valence-corrected chi connectivity index (χ4v) is 4.05. The Morgan fingerprint density at radius 2 is 2.00 bits per heavy atom. The Morgan fingerprint density at radius 3 is 2.70 bits per heavy atom. The summed E-state index contributed by atoms with van der Waals surface area (Å²) in [5.41, 5.74) is 1.65. The van der Waals surface area contributed by atoms with Crippen LogP contribution in [-0.2, 0) is 4.74 Å². The molecule has 2 fully saturated rings. The molecule has 1 amide bonds. The molecular weight excluding hydrogens is 344 g/mol. The Morgan fingerprint density at radius 1 is 1.22 bits per heavy atom. The molecule has 144 valence electrons. The van der Waals surface area contributed by atoms with Crippen molar-refractivity contribution >= 4 is 5.91 Å². The molecule has 1 aromatic carbocycles. The van der Waals surface area contributed by atoms with E-state index in [-0.39, 0.29) is 24.2 Å². The molecule has 0 aliphatic carbocycles. The molecule has 2 aliphatic heterocycles. The summed E-state index contributed by atoms with van der Waals surface area (Å²) in [5.74, 6) is -0.0278. The first-order valence-corrected chi connectivity index (χ1v) is 9.59. The van der Waals surface area contributed by atoms with Crippen molar-refractivity contribution in [1.82, 2.24) is 20.0 Å². The van der Waals surface area contributed by atoms with Crippen LogP contribution >= 0.6 is 0 Å². The summed E-state index contributed by atoms with van der Waals surface area (Å²) in [6.07, 6.45) is 4.49. The van der Waals surface area contributed by atoms with Gasteiger partial charge in [-0.1, -0.05) is 30.3 Å². The molecule has 7 nitrogen and oxygen atoms in total. The largest absolute Gasteiger partial charge is 0.393 e. The second-order valence-corrected chi connectivity index (χ2v) is 7.28. The van der Waals surface area contributed by atoms with Gasteiger partial charge in [0.05, 0.1) is 36.6 Å². The minimum absolute atomic E-state index is 0.0278. The van der Waals surface area contributed by atoms with Gasteiger partial charge in [-0.15, -0.1) is 0 Å². The summed E-state index contributed by atoms with van der Waals surface area (Å²) in [7, 11) is 0. The summed E-state index contributed by atoms with van der Waals surface area (Å²) in [6.45, 7) is 3.55. The van der Waals surface area contributed by atoms with E-state index in [1.807, 2.05) is 23.1 Å². The van der Waals surface area contributed by atoms with Crippen LogP contribution in [-0.4, -0.2) is 76.0 Å². The van der Waals surface area contributed by atoms with Crippen LogP contribution < -0.4 is 0 Å². The van der Waals surface area contributed by atoms with Crippen LogP contribution in [0.1, 0.15) is 34.8 Å². The van der Waals surface area contributed by atoms with E-state index in [1.165, 1.54) is 0 Å². The van der Waals surface area contributed by atoms with Crippen LogP contribution in [0.15, 0.2) is 42.7 Å². The lowest BCUT2D eigenvalue weighted by molar-refractivity contribution is -0.0770. The summed E-state index contributed by atoms with van der Waals surface area (Å²) < 4.78 is 6.15. The van der Waals surface area contributed by atoms with Crippen molar-refractivity contribution in [1.29, 1.82) is 0 Å². The van der Waals surface area contributed by atoms with E-state index in [4.69, 9.17) is 4.74 Å². The van der Waals surface area contributed by atoms with Gasteiger partial charge in [-0.05, 0) is 18.4 Å². The smallest absolute Gasteiger partial charge is 0.257 e. The first kappa shape index (κ1) is 18.2. The second-order valence-electron chi connectivity index (χ2n) is 7.28. The summed E-state index contributed by atoms with van der Waals surface area (Å²) in [4.78, 5) is 17.3. The number of nitrogens with one attached hydrogen (secondary N) is 1. The Bertz CT molecular complexity index is 729. The van der Waals surface area contributed by atoms with Crippen LogP contribution in [0.4, 0.5) is 0 Å². The number of piperidine rings is 1. The number of ether oxygens (including phenoxy) is 1. The minimum atomic E-state index is -0.197. The number of carbonyl (C=O) groups is 1. The Hall–Kier alpha value is -2.22. The third-order valence-electron chi connectivity index (χ3n) is 5.49. The monoisotopic (exact) mass is 370 g/mol. The van der Waals surface area contributed by atoms with Gasteiger partial charge in [0.25, 0.3) is 5.91 Å². The molecule has 2 N–H and O–H groups in total. The predicted molar refractivity (Wildman–Crippen MR) is 100 cm³/mol. The lowest BCUT2D eigenvalue weighted by Gasteiger charge is -2.43. The highest BCUT2D eigenvalue weighted by atomic mass is 16.5. The van der Waals surface area contributed by atoms with E-state index in [2.05, 4.69) is 27.2 Å². The van der Waals surface area contributed by atoms with Crippen LogP contribution in [0.2, 0.25) is 0 Å². The van der Waals surface area contributed by atoms with Crippen LogP contribution in [0.3, 0.4) is 0 Å². The highest BCUT2D eigenvalue weighted by molar-refractivity contribution is 5.94. The number of aromatic amines is 1. The zero-order chi connectivity index (χ0) is 18.6. The number of aliphatic hydroxyl groups excluding tert-OH is 1. The first-order valence-electron chi connectivity index (χ1n) is 9.59. The zero-order valence-corrected chi connectivity index (χ0v) is 15.3. The van der Waals surface area contributed by atoms with Gasteiger partial charge in [-0.2, -0.15) is 5.10 Å². The van der Waals surface area contributed by atoms with Gasteiger partial charge >= 0.3 is 0 Å². The number of hydrogen-bond donors (Lipinski definition) is 2. The van der Waals surface area contributed by atoms with Gasteiger partial charge in [0.15, 0.2) is 0 Å². The van der Waals surface area contributed by atoms with Crippen molar-refractivity contribution in [2.45, 2.75) is 31.1 Å². The van der Waals surface area contributed by atoms with Crippen molar-refractivity contribution < 1.29 is 14.6 Å². The maximum Gasteiger partial charge on any atom is 0.257 e. The Balaban J connectivity index is 1.58. The maximum absolute atomic E-state index is 13.1. The van der Waals surface area contributed by atoms with Crippen molar-refractivity contribution in [3.63, 3.8) is 0 Å². The molecule has 27 heavy (non-hydrogen) atoms. The van der Waals surface area contributed by atoms with E-state index in [0.29, 0.717) is 18.7 Å². The molecule has 2 aromatic rings. The SMILES string of the molecule is O=C(c1cn[nH]c1)N1CCO[C@@H](CN2CCC(O)CC2)[C@@H]1c1ccccc1. The number of H-pyrrole nitrogens is 1. The Labute approximate surface area is 158 Å². The summed E-state index contributed by atoms with van der Waals surface area (Å²) >= 11 is 0. The quantitative estimate of drug-likeness (QED) is 0.851. The van der Waals surface area contributed by atoms with E-state index >= 15 is 0 Å². The molecule has 2 saturated heterocycles. The molecule has 2 atom stereocenters. The van der Waals surface area contributed by atoms with Gasteiger partial charge in [-0.25, -0.2) is 0 Å². The van der Waals surface area contributed by atoms with Crippen LogP contribution in [0.25, 0.3) is 0 Å². The van der Waals surface area contributed by atoms with Gasteiger partial charge in [0, 0.05) is 32.4 Å². The highest BCUT2D eigenvalue weighted by Crippen LogP contribution is 2.32. The maximum atomic E-state index is 13.1. The molecule has 0 unspecified atom stereocenters. The molecular formula is C20H26N4O3. The molecule has 0 radical (unpaired) electrons. The standard InChI is InChI=1S/C20H26N4O3/c25-17-6-8-23(9-7-17)14-18-19(15-4-2-1-3-5-15)24(10-11-27-18)20(26)16-12-21-22-13-16/h1-5,12-13,17-19,25H,6-11,14H2,(H,21,22)/t18-,19-/m0/s1. The number of likely N-dealkylation sites (tertiary alicyclic amines) is 1. The number of nitrogens with zero attached hydrogens (tertiary/aromatic N) is 3. The second kappa shape index (κ2) is 8.21. The molecule has 0 saturated carbocycles. The van der Waals surface area contributed by atoms with E-state index < -0.39 is 0 Å². The fourth-order valence-electron chi connectivity index (χ4n) is 4.05. The van der Waals surface area contributed by atoms with E-state index in [0.717, 1.165) is 38.0 Å². The third-order valence-corrected chi connectivity index (χ3v) is 5.49. The summed E-state index contributed by atoms with van der Waals surface area (Å²) in [5, 5.41) is 16.4. The molecule has 3 heterocycles. The van der Waals surface area contributed by atoms with Crippen LogP contribution in [0.5, 0.6) is 0 Å². The number of rotatable bonds is 4. The van der Waals surface area contributed by atoms with Gasteiger partial charge in [0.2, 0.25) is 0 Å². The van der Waals surface area contributed by atoms with Crippen LogP contribution in [0, 0.1) is 0 Å². The van der Waals surface area contributed by atoms with E-state index in [9.17, 15) is 9.90 Å². The number of aromatic nitrogens is 2. The lowest BCUT2D eigenvalue weighted by Crippen LogP contribution is -2.52. The molecule has 0 bridgehead atoms. The van der Waals surface area contributed by atoms with Gasteiger partial charge in [-0.3, -0.25) is 9.89 Å². The number of morpholine rings is 1. The third kappa shape index (κ3) is 4.05. The highest BCUT2D eigenvalue weighted by Gasteiger charge is 2.38. The number of hydrogen-bond acceptors (Lipinski definition) is 5. The molecule has 1 aromatic heterocycles. The van der Waals surface area contributed by atoms with Crippen molar-refractivity contribution in [3.8, 4) is 0 Å². The van der Waals surface area contributed by atoms with Crippen molar-refractivity contribution in [2.24, 2.45) is 0 Å². The first-order chi connectivity index (χ1) is 13.2. The van der Waals surface area contributed by atoms with Gasteiger partial charge < -0.3 is 19.6 Å².